The van der Waals surface area contributed by atoms with Gasteiger partial charge >= 0.3 is 5.97 Å². The van der Waals surface area contributed by atoms with Crippen LogP contribution in [0.4, 0.5) is 0 Å². The van der Waals surface area contributed by atoms with Gasteiger partial charge in [0.15, 0.2) is 0 Å². The van der Waals surface area contributed by atoms with Crippen molar-refractivity contribution >= 4 is 26.0 Å². The van der Waals surface area contributed by atoms with Crippen LogP contribution in [0.2, 0.25) is 0 Å². The number of aliphatic carboxylic acids is 1. The van der Waals surface area contributed by atoms with Gasteiger partial charge in [-0.05, 0) is 14.7 Å². The third-order valence-electron chi connectivity index (χ3n) is 0.944. The molecule has 0 aromatic carbocycles. The van der Waals surface area contributed by atoms with Gasteiger partial charge < -0.3 is 10.4 Å². The van der Waals surface area contributed by atoms with Crippen molar-refractivity contribution in [1.29, 1.82) is 0 Å². The van der Waals surface area contributed by atoms with Crippen LogP contribution in [-0.4, -0.2) is 35.2 Å². The number of carbonyl (C=O) groups is 3. The van der Waals surface area contributed by atoms with E-state index in [2.05, 4.69) is 0 Å². The van der Waals surface area contributed by atoms with E-state index < -0.39 is 23.9 Å². The minimum atomic E-state index is -1.16. The molecule has 12 heavy (non-hydrogen) atoms. The normalized spacial score (nSPS) is 10.1. The van der Waals surface area contributed by atoms with Gasteiger partial charge in [-0.25, -0.2) is 0 Å². The standard InChI is InChI=1S/C6H10NO4P/c1-2-12-6(11)5(10)7-3-4(8)9/h12H,2-3H2,1H3,(H,7,10)(H,8,9). The number of amides is 1. The average Bonchev–Trinajstić information content (AvgIpc) is 2.00. The summed E-state index contributed by atoms with van der Waals surface area (Å²) in [5.41, 5.74) is -0.543. The summed E-state index contributed by atoms with van der Waals surface area (Å²) in [4.78, 5) is 31.4. The number of nitrogens with one attached hydrogen (secondary N) is 1. The number of carbonyl (C=O) groups excluding carboxylic acids is 2. The van der Waals surface area contributed by atoms with Crippen LogP contribution in [-0.2, 0) is 14.4 Å². The number of rotatable bonds is 5. The molecule has 0 aliphatic rings. The van der Waals surface area contributed by atoms with Crippen LogP contribution in [0.15, 0.2) is 0 Å². The Bertz CT molecular complexity index is 204. The Morgan fingerprint density at radius 2 is 2.00 bits per heavy atom. The summed E-state index contributed by atoms with van der Waals surface area (Å²) in [6.07, 6.45) is 0.610. The highest BCUT2D eigenvalue weighted by Gasteiger charge is 2.12. The topological polar surface area (TPSA) is 83.5 Å². The second-order valence-electron chi connectivity index (χ2n) is 1.94. The lowest BCUT2D eigenvalue weighted by Gasteiger charge is -1.98. The lowest BCUT2D eigenvalue weighted by Crippen LogP contribution is -2.33. The zero-order chi connectivity index (χ0) is 9.56. The number of hydrogen-bond acceptors (Lipinski definition) is 3. The summed E-state index contributed by atoms with van der Waals surface area (Å²) >= 11 is 0. The average molecular weight is 191 g/mol. The molecule has 1 amide bonds. The summed E-state index contributed by atoms with van der Waals surface area (Å²) in [5.74, 6) is -1.96. The fourth-order valence-electron chi connectivity index (χ4n) is 0.477. The minimum absolute atomic E-state index is 0.0715. The first-order valence-corrected chi connectivity index (χ1v) is 4.56. The zero-order valence-electron chi connectivity index (χ0n) is 6.59. The van der Waals surface area contributed by atoms with Crippen molar-refractivity contribution in [1.82, 2.24) is 5.32 Å². The molecule has 0 spiro atoms. The van der Waals surface area contributed by atoms with Crippen LogP contribution < -0.4 is 5.32 Å². The molecule has 5 nitrogen and oxygen atoms in total. The third-order valence-corrected chi connectivity index (χ3v) is 1.85. The second-order valence-corrected chi connectivity index (χ2v) is 3.45. The molecule has 0 rings (SSSR count). The van der Waals surface area contributed by atoms with E-state index in [9.17, 15) is 14.4 Å². The lowest BCUT2D eigenvalue weighted by atomic mass is 10.6. The van der Waals surface area contributed by atoms with Gasteiger partial charge in [-0.2, -0.15) is 0 Å². The molecule has 0 fully saturated rings. The number of carboxylic acid groups (broad SMARTS) is 1. The summed E-state index contributed by atoms with van der Waals surface area (Å²) < 4.78 is 0. The van der Waals surface area contributed by atoms with E-state index in [1.54, 1.807) is 6.92 Å². The van der Waals surface area contributed by atoms with Crippen molar-refractivity contribution in [2.24, 2.45) is 0 Å². The molecule has 0 heterocycles. The van der Waals surface area contributed by atoms with Crippen LogP contribution in [0.1, 0.15) is 6.92 Å². The summed E-state index contributed by atoms with van der Waals surface area (Å²) in [7, 11) is -0.0715. The van der Waals surface area contributed by atoms with Gasteiger partial charge in [-0.1, -0.05) is 6.92 Å². The molecule has 2 N–H and O–H groups in total. The first kappa shape index (κ1) is 11.0. The molecule has 0 bridgehead atoms. The van der Waals surface area contributed by atoms with E-state index in [0.29, 0.717) is 6.16 Å². The number of hydrogen-bond donors (Lipinski definition) is 2. The molecule has 1 unspecified atom stereocenters. The first-order chi connectivity index (χ1) is 5.57. The fraction of sp³-hybridized carbons (Fsp3) is 0.500. The summed E-state index contributed by atoms with van der Waals surface area (Å²) in [5, 5.41) is 10.1. The second kappa shape index (κ2) is 5.66. The lowest BCUT2D eigenvalue weighted by molar-refractivity contribution is -0.139. The molecular formula is C6H10NO4P. The maximum Gasteiger partial charge on any atom is 0.322 e. The Morgan fingerprint density at radius 1 is 1.42 bits per heavy atom. The van der Waals surface area contributed by atoms with Crippen molar-refractivity contribution in [3.63, 3.8) is 0 Å². The van der Waals surface area contributed by atoms with Crippen LogP contribution in [0, 0.1) is 0 Å². The van der Waals surface area contributed by atoms with Gasteiger partial charge in [0.05, 0.1) is 0 Å². The SMILES string of the molecule is CCPC(=O)C(=O)NCC(=O)O. The quantitative estimate of drug-likeness (QED) is 0.449. The minimum Gasteiger partial charge on any atom is -0.480 e. The Balaban J connectivity index is 3.72. The summed E-state index contributed by atoms with van der Waals surface area (Å²) in [6, 6.07) is 0. The van der Waals surface area contributed by atoms with Gasteiger partial charge in [-0.3, -0.25) is 14.4 Å². The number of carboxylic acids is 1. The predicted octanol–water partition coefficient (Wildman–Crippen LogP) is -0.588. The van der Waals surface area contributed by atoms with E-state index in [0.717, 1.165) is 0 Å². The van der Waals surface area contributed by atoms with Crippen LogP contribution in [0.25, 0.3) is 0 Å². The Morgan fingerprint density at radius 3 is 2.42 bits per heavy atom. The van der Waals surface area contributed by atoms with Gasteiger partial charge in [0.25, 0.3) is 5.91 Å². The smallest absolute Gasteiger partial charge is 0.322 e. The van der Waals surface area contributed by atoms with Crippen molar-refractivity contribution in [3.05, 3.63) is 0 Å². The highest BCUT2D eigenvalue weighted by molar-refractivity contribution is 7.61. The molecule has 0 saturated heterocycles. The van der Waals surface area contributed by atoms with E-state index in [1.807, 2.05) is 5.32 Å². The molecule has 0 aliphatic heterocycles. The maximum absolute atomic E-state index is 10.8. The molecular weight excluding hydrogens is 181 g/mol. The zero-order valence-corrected chi connectivity index (χ0v) is 7.59. The van der Waals surface area contributed by atoms with Crippen molar-refractivity contribution in [3.8, 4) is 0 Å². The van der Waals surface area contributed by atoms with E-state index in [1.165, 1.54) is 0 Å². The Kier molecular flexibility index (Phi) is 5.21. The van der Waals surface area contributed by atoms with E-state index >= 15 is 0 Å². The molecule has 1 atom stereocenters. The van der Waals surface area contributed by atoms with E-state index in [-0.39, 0.29) is 8.58 Å². The van der Waals surface area contributed by atoms with Crippen molar-refractivity contribution in [2.45, 2.75) is 6.92 Å². The molecule has 0 aliphatic carbocycles. The monoisotopic (exact) mass is 191 g/mol. The first-order valence-electron chi connectivity index (χ1n) is 3.35. The molecule has 68 valence electrons. The van der Waals surface area contributed by atoms with Crippen molar-refractivity contribution in [2.75, 3.05) is 12.7 Å². The summed E-state index contributed by atoms with van der Waals surface area (Å²) in [6.45, 7) is 1.28. The van der Waals surface area contributed by atoms with Gasteiger partial charge in [0.1, 0.15) is 6.54 Å². The maximum atomic E-state index is 10.8. The predicted molar refractivity (Wildman–Crippen MR) is 44.5 cm³/mol. The fourth-order valence-corrected chi connectivity index (χ4v) is 1.05. The molecule has 0 saturated carbocycles. The van der Waals surface area contributed by atoms with Crippen molar-refractivity contribution < 1.29 is 19.5 Å². The Hall–Kier alpha value is -0.960. The Labute approximate surface area is 71.3 Å². The van der Waals surface area contributed by atoms with Gasteiger partial charge in [0, 0.05) is 0 Å². The van der Waals surface area contributed by atoms with Crippen LogP contribution in [0.3, 0.4) is 0 Å². The molecule has 0 radical (unpaired) electrons. The van der Waals surface area contributed by atoms with Crippen LogP contribution >= 0.6 is 8.58 Å². The van der Waals surface area contributed by atoms with Gasteiger partial charge in [-0.15, -0.1) is 0 Å². The molecule has 6 heteroatoms. The highest BCUT2D eigenvalue weighted by Crippen LogP contribution is 2.08. The highest BCUT2D eigenvalue weighted by atomic mass is 31.1. The van der Waals surface area contributed by atoms with Crippen LogP contribution in [0.5, 0.6) is 0 Å². The van der Waals surface area contributed by atoms with E-state index in [4.69, 9.17) is 5.11 Å². The van der Waals surface area contributed by atoms with Gasteiger partial charge in [0.2, 0.25) is 5.52 Å². The largest absolute Gasteiger partial charge is 0.480 e. The third kappa shape index (κ3) is 4.79. The molecule has 0 aromatic rings. The molecule has 0 aromatic heterocycles.